The lowest BCUT2D eigenvalue weighted by Gasteiger charge is -2.45. The molecule has 2 unspecified atom stereocenters. The number of alkyl halides is 3. The summed E-state index contributed by atoms with van der Waals surface area (Å²) in [6.07, 6.45) is 0.363. The number of phenolic OH excluding ortho intramolecular Hbond substituents is 1. The van der Waals surface area contributed by atoms with E-state index in [-0.39, 0.29) is 17.6 Å². The summed E-state index contributed by atoms with van der Waals surface area (Å²) in [5.74, 6) is -2.64. The van der Waals surface area contributed by atoms with Crippen LogP contribution in [-0.2, 0) is 21.4 Å². The second-order valence-corrected chi connectivity index (χ2v) is 7.09. The number of rotatable bonds is 6. The summed E-state index contributed by atoms with van der Waals surface area (Å²) >= 11 is 0. The largest absolute Gasteiger partial charge is 0.542 e. The number of quaternary nitrogens is 1. The van der Waals surface area contributed by atoms with E-state index in [0.29, 0.717) is 5.75 Å². The first-order chi connectivity index (χ1) is 13.0. The van der Waals surface area contributed by atoms with Crippen molar-refractivity contribution in [1.29, 1.82) is 0 Å². The summed E-state index contributed by atoms with van der Waals surface area (Å²) in [6, 6.07) is 6.09. The average molecular weight is 405 g/mol. The molecule has 0 fully saturated rings. The van der Waals surface area contributed by atoms with Crippen molar-refractivity contribution >= 4 is 5.97 Å². The summed E-state index contributed by atoms with van der Waals surface area (Å²) in [7, 11) is 0. The standard InChI is InChI=1S/C18H29NO2.C2HF3O2/c1-4-9-18(10-5-2)15-12-14(20)8-7-13(15)11-16(17(18)19)21-6-3;3-2(4,5)1(6)7/h7-8,12,16-17,20H,4-6,9-11,19H2,1-3H3;(H,6,7). The van der Waals surface area contributed by atoms with Gasteiger partial charge in [0.1, 0.15) is 23.9 Å². The number of hydrogen-bond donors (Lipinski definition) is 2. The van der Waals surface area contributed by atoms with Gasteiger partial charge in [0.2, 0.25) is 0 Å². The number of carbonyl (C=O) groups is 1. The molecule has 1 aromatic carbocycles. The van der Waals surface area contributed by atoms with E-state index in [1.165, 1.54) is 11.1 Å². The van der Waals surface area contributed by atoms with E-state index in [1.807, 2.05) is 6.07 Å². The van der Waals surface area contributed by atoms with Crippen LogP contribution in [0.3, 0.4) is 0 Å². The molecule has 0 spiro atoms. The Bertz CT molecular complexity index is 643. The summed E-state index contributed by atoms with van der Waals surface area (Å²) in [5, 5.41) is 18.7. The Hall–Kier alpha value is -1.80. The number of phenols is 1. The first-order valence-electron chi connectivity index (χ1n) is 9.58. The van der Waals surface area contributed by atoms with E-state index < -0.39 is 12.1 Å². The Morgan fingerprint density at radius 2 is 1.82 bits per heavy atom. The van der Waals surface area contributed by atoms with Gasteiger partial charge in [0.05, 0.1) is 5.41 Å². The molecule has 0 radical (unpaired) electrons. The highest BCUT2D eigenvalue weighted by molar-refractivity contribution is 5.70. The molecule has 1 aliphatic rings. The van der Waals surface area contributed by atoms with Gasteiger partial charge in [-0.15, -0.1) is 0 Å². The van der Waals surface area contributed by atoms with Crippen LogP contribution in [0.1, 0.15) is 57.6 Å². The molecule has 0 saturated carbocycles. The molecule has 0 amide bonds. The fourth-order valence-corrected chi connectivity index (χ4v) is 4.17. The number of ether oxygens (including phenoxy) is 1. The zero-order valence-corrected chi connectivity index (χ0v) is 16.6. The molecule has 160 valence electrons. The van der Waals surface area contributed by atoms with Crippen molar-refractivity contribution in [3.63, 3.8) is 0 Å². The predicted octanol–water partition coefficient (Wildman–Crippen LogP) is 2.10. The number of fused-ring (bicyclic) bond motifs is 1. The molecule has 0 heterocycles. The van der Waals surface area contributed by atoms with Gasteiger partial charge in [0.25, 0.3) is 0 Å². The molecular formula is C20H30F3NO4. The lowest BCUT2D eigenvalue weighted by molar-refractivity contribution is -0.460. The quantitative estimate of drug-likeness (QED) is 0.757. The van der Waals surface area contributed by atoms with Crippen molar-refractivity contribution in [3.05, 3.63) is 29.3 Å². The van der Waals surface area contributed by atoms with Gasteiger partial charge in [0, 0.05) is 13.0 Å². The van der Waals surface area contributed by atoms with Gasteiger partial charge in [-0.2, -0.15) is 13.2 Å². The van der Waals surface area contributed by atoms with Crippen LogP contribution in [0.4, 0.5) is 13.2 Å². The van der Waals surface area contributed by atoms with Crippen molar-refractivity contribution in [3.8, 4) is 5.75 Å². The maximum absolute atomic E-state index is 10.5. The highest BCUT2D eigenvalue weighted by atomic mass is 19.4. The zero-order valence-electron chi connectivity index (χ0n) is 16.6. The van der Waals surface area contributed by atoms with Crippen molar-refractivity contribution in [2.75, 3.05) is 6.61 Å². The minimum absolute atomic E-state index is 0.0374. The van der Waals surface area contributed by atoms with E-state index in [0.717, 1.165) is 38.7 Å². The van der Waals surface area contributed by atoms with Gasteiger partial charge in [-0.1, -0.05) is 32.8 Å². The van der Waals surface area contributed by atoms with E-state index in [1.54, 1.807) is 6.07 Å². The number of hydrogen-bond acceptors (Lipinski definition) is 4. The van der Waals surface area contributed by atoms with Crippen LogP contribution >= 0.6 is 0 Å². The van der Waals surface area contributed by atoms with Crippen LogP contribution < -0.4 is 10.8 Å². The number of aromatic hydroxyl groups is 1. The summed E-state index contributed by atoms with van der Waals surface area (Å²) in [6.45, 7) is 7.26. The first-order valence-corrected chi connectivity index (χ1v) is 9.58. The van der Waals surface area contributed by atoms with Crippen LogP contribution in [0.15, 0.2) is 18.2 Å². The number of carbonyl (C=O) groups excluding carboxylic acids is 1. The summed E-state index contributed by atoms with van der Waals surface area (Å²) < 4.78 is 37.6. The molecule has 0 aliphatic heterocycles. The Kier molecular flexibility index (Phi) is 8.75. The van der Waals surface area contributed by atoms with Gasteiger partial charge in [0.15, 0.2) is 0 Å². The van der Waals surface area contributed by atoms with Crippen molar-refractivity contribution in [1.82, 2.24) is 0 Å². The molecule has 1 aliphatic carbocycles. The van der Waals surface area contributed by atoms with Gasteiger partial charge < -0.3 is 25.5 Å². The Labute approximate surface area is 163 Å². The minimum Gasteiger partial charge on any atom is -0.542 e. The van der Waals surface area contributed by atoms with Crippen LogP contribution in [-0.4, -0.2) is 36.0 Å². The maximum atomic E-state index is 10.5. The molecular weight excluding hydrogens is 375 g/mol. The second kappa shape index (κ2) is 10.1. The van der Waals surface area contributed by atoms with Crippen LogP contribution in [0.2, 0.25) is 0 Å². The van der Waals surface area contributed by atoms with Gasteiger partial charge in [-0.25, -0.2) is 0 Å². The van der Waals surface area contributed by atoms with Crippen molar-refractivity contribution in [2.45, 2.75) is 76.6 Å². The van der Waals surface area contributed by atoms with Gasteiger partial charge in [-0.3, -0.25) is 0 Å². The summed E-state index contributed by atoms with van der Waals surface area (Å²) in [4.78, 5) is 8.78. The molecule has 4 N–H and O–H groups in total. The zero-order chi connectivity index (χ0) is 21.5. The number of aliphatic carboxylic acids is 1. The van der Waals surface area contributed by atoms with E-state index in [9.17, 15) is 18.3 Å². The van der Waals surface area contributed by atoms with Gasteiger partial charge >= 0.3 is 6.18 Å². The third-order valence-electron chi connectivity index (χ3n) is 5.21. The molecule has 28 heavy (non-hydrogen) atoms. The van der Waals surface area contributed by atoms with Crippen molar-refractivity contribution in [2.24, 2.45) is 0 Å². The smallest absolute Gasteiger partial charge is 0.430 e. The Morgan fingerprint density at radius 3 is 2.25 bits per heavy atom. The highest BCUT2D eigenvalue weighted by Gasteiger charge is 2.49. The fourth-order valence-electron chi connectivity index (χ4n) is 4.17. The normalized spacial score (nSPS) is 20.7. The SMILES string of the molecule is CCCC1(CCC)c2cc(O)ccc2CC(OCC)C1[NH3+].O=C([O-])C(F)(F)F. The third-order valence-corrected chi connectivity index (χ3v) is 5.21. The van der Waals surface area contributed by atoms with E-state index in [4.69, 9.17) is 14.6 Å². The molecule has 0 bridgehead atoms. The average Bonchev–Trinajstić information content (AvgIpc) is 2.60. The minimum atomic E-state index is -5.19. The highest BCUT2D eigenvalue weighted by Crippen LogP contribution is 2.44. The predicted molar refractivity (Wildman–Crippen MR) is 96.5 cm³/mol. The van der Waals surface area contributed by atoms with Crippen LogP contribution in [0.25, 0.3) is 0 Å². The van der Waals surface area contributed by atoms with E-state index in [2.05, 4.69) is 32.6 Å². The Balaban J connectivity index is 0.000000480. The topological polar surface area (TPSA) is 97.2 Å². The monoisotopic (exact) mass is 405 g/mol. The number of carboxylic acid groups (broad SMARTS) is 1. The molecule has 1 aromatic rings. The fraction of sp³-hybridized carbons (Fsp3) is 0.650. The van der Waals surface area contributed by atoms with E-state index >= 15 is 0 Å². The molecule has 0 aromatic heterocycles. The first kappa shape index (κ1) is 24.2. The summed E-state index contributed by atoms with van der Waals surface area (Å²) in [5.41, 5.74) is 7.18. The number of carboxylic acids is 1. The van der Waals surface area contributed by atoms with Crippen molar-refractivity contribution < 1.29 is 38.6 Å². The molecule has 0 saturated heterocycles. The number of halogens is 3. The second-order valence-electron chi connectivity index (χ2n) is 7.09. The maximum Gasteiger partial charge on any atom is 0.430 e. The lowest BCUT2D eigenvalue weighted by atomic mass is 9.61. The van der Waals surface area contributed by atoms with Crippen LogP contribution in [0.5, 0.6) is 5.75 Å². The van der Waals surface area contributed by atoms with Crippen LogP contribution in [0, 0.1) is 0 Å². The molecule has 2 atom stereocenters. The number of benzene rings is 1. The molecule has 8 heteroatoms. The third kappa shape index (κ3) is 5.61. The molecule has 2 rings (SSSR count). The lowest BCUT2D eigenvalue weighted by Crippen LogP contribution is -2.76. The van der Waals surface area contributed by atoms with Gasteiger partial charge in [-0.05, 0) is 43.0 Å². The Morgan fingerprint density at radius 1 is 1.29 bits per heavy atom. The molecule has 5 nitrogen and oxygen atoms in total.